The second kappa shape index (κ2) is 4.77. The maximum atomic E-state index is 12.9. The Morgan fingerprint density at radius 1 is 1.59 bits per heavy atom. The van der Waals surface area contributed by atoms with E-state index in [1.165, 1.54) is 6.92 Å². The van der Waals surface area contributed by atoms with E-state index in [0.29, 0.717) is 6.42 Å². The van der Waals surface area contributed by atoms with Crippen LogP contribution in [0.25, 0.3) is 0 Å². The van der Waals surface area contributed by atoms with E-state index in [2.05, 4.69) is 9.71 Å². The minimum atomic E-state index is -3.94. The molecule has 0 spiro atoms. The summed E-state index contributed by atoms with van der Waals surface area (Å²) in [5, 5.41) is 8.88. The smallest absolute Gasteiger partial charge is 0.243 e. The van der Waals surface area contributed by atoms with Crippen molar-refractivity contribution in [1.82, 2.24) is 9.71 Å². The standard InChI is InChI=1S/C10H12FN3O2S/c1-3-10(2,7-12)14-17(15,16)9-4-8(11)5-13-6-9/h4-6,14H,3H2,1-2H3. The van der Waals surface area contributed by atoms with Gasteiger partial charge in [0.05, 0.1) is 12.3 Å². The molecule has 1 N–H and O–H groups in total. The van der Waals surface area contributed by atoms with Crippen LogP contribution >= 0.6 is 0 Å². The fourth-order valence-electron chi connectivity index (χ4n) is 1.07. The van der Waals surface area contributed by atoms with Gasteiger partial charge < -0.3 is 0 Å². The molecule has 0 aliphatic rings. The van der Waals surface area contributed by atoms with Crippen LogP contribution in [0.3, 0.4) is 0 Å². The highest BCUT2D eigenvalue weighted by Crippen LogP contribution is 2.15. The second-order valence-electron chi connectivity index (χ2n) is 3.74. The third-order valence-corrected chi connectivity index (χ3v) is 3.87. The summed E-state index contributed by atoms with van der Waals surface area (Å²) in [4.78, 5) is 3.16. The first kappa shape index (κ1) is 13.5. The van der Waals surface area contributed by atoms with Crippen molar-refractivity contribution < 1.29 is 12.8 Å². The van der Waals surface area contributed by atoms with Crippen molar-refractivity contribution in [2.24, 2.45) is 0 Å². The maximum absolute atomic E-state index is 12.9. The predicted octanol–water partition coefficient (Wildman–Crippen LogP) is 1.19. The van der Waals surface area contributed by atoms with Gasteiger partial charge in [-0.2, -0.15) is 9.98 Å². The first-order valence-corrected chi connectivity index (χ1v) is 6.37. The molecular formula is C10H12FN3O2S. The number of halogens is 1. The lowest BCUT2D eigenvalue weighted by molar-refractivity contribution is 0.494. The molecule has 0 aliphatic heterocycles. The molecule has 0 fully saturated rings. The summed E-state index contributed by atoms with van der Waals surface area (Å²) in [6.45, 7) is 3.13. The topological polar surface area (TPSA) is 82.9 Å². The summed E-state index contributed by atoms with van der Waals surface area (Å²) >= 11 is 0. The van der Waals surface area contributed by atoms with Crippen molar-refractivity contribution >= 4 is 10.0 Å². The van der Waals surface area contributed by atoms with Crippen LogP contribution in [-0.2, 0) is 10.0 Å². The molecule has 1 aromatic heterocycles. The van der Waals surface area contributed by atoms with Crippen LogP contribution in [0.15, 0.2) is 23.4 Å². The molecule has 0 saturated carbocycles. The molecule has 92 valence electrons. The third kappa shape index (κ3) is 3.22. The van der Waals surface area contributed by atoms with Crippen LogP contribution < -0.4 is 4.72 Å². The minimum absolute atomic E-state index is 0.297. The second-order valence-corrected chi connectivity index (χ2v) is 5.42. The van der Waals surface area contributed by atoms with Crippen LogP contribution in [0.1, 0.15) is 20.3 Å². The van der Waals surface area contributed by atoms with E-state index in [1.807, 2.05) is 6.07 Å². The summed E-state index contributed by atoms with van der Waals surface area (Å²) in [7, 11) is -3.94. The fourth-order valence-corrected chi connectivity index (χ4v) is 2.44. The molecule has 1 heterocycles. The monoisotopic (exact) mass is 257 g/mol. The Hall–Kier alpha value is -1.52. The third-order valence-electron chi connectivity index (χ3n) is 2.30. The average molecular weight is 257 g/mol. The van der Waals surface area contributed by atoms with Gasteiger partial charge in [-0.25, -0.2) is 12.8 Å². The summed E-state index contributed by atoms with van der Waals surface area (Å²) in [6, 6.07) is 2.71. The van der Waals surface area contributed by atoms with Gasteiger partial charge in [-0.1, -0.05) is 6.92 Å². The highest BCUT2D eigenvalue weighted by molar-refractivity contribution is 7.89. The van der Waals surface area contributed by atoms with Gasteiger partial charge in [0.25, 0.3) is 0 Å². The van der Waals surface area contributed by atoms with E-state index in [0.717, 1.165) is 18.5 Å². The molecule has 7 heteroatoms. The van der Waals surface area contributed by atoms with E-state index < -0.39 is 21.4 Å². The van der Waals surface area contributed by atoms with Crippen molar-refractivity contribution in [3.05, 3.63) is 24.3 Å². The number of hydrogen-bond acceptors (Lipinski definition) is 4. The Bertz CT molecular complexity index is 553. The van der Waals surface area contributed by atoms with Crippen LogP contribution in [0.4, 0.5) is 4.39 Å². The number of nitrogens with one attached hydrogen (secondary N) is 1. The van der Waals surface area contributed by atoms with E-state index in [4.69, 9.17) is 5.26 Å². The first-order valence-electron chi connectivity index (χ1n) is 4.89. The van der Waals surface area contributed by atoms with Crippen LogP contribution in [0.5, 0.6) is 0 Å². The largest absolute Gasteiger partial charge is 0.260 e. The van der Waals surface area contributed by atoms with Crippen molar-refractivity contribution in [3.63, 3.8) is 0 Å². The maximum Gasteiger partial charge on any atom is 0.243 e. The van der Waals surface area contributed by atoms with Gasteiger partial charge in [0.15, 0.2) is 0 Å². The number of hydrogen-bond donors (Lipinski definition) is 1. The lowest BCUT2D eigenvalue weighted by atomic mass is 10.0. The number of sulfonamides is 1. The van der Waals surface area contributed by atoms with Gasteiger partial charge in [-0.3, -0.25) is 4.98 Å². The zero-order valence-electron chi connectivity index (χ0n) is 9.44. The molecule has 0 radical (unpaired) electrons. The lowest BCUT2D eigenvalue weighted by Gasteiger charge is -2.20. The Balaban J connectivity index is 3.10. The van der Waals surface area contributed by atoms with Gasteiger partial charge in [-0.05, 0) is 19.4 Å². The Morgan fingerprint density at radius 2 is 2.24 bits per heavy atom. The van der Waals surface area contributed by atoms with Crippen molar-refractivity contribution in [3.8, 4) is 6.07 Å². The molecule has 0 saturated heterocycles. The molecule has 1 aromatic rings. The number of nitrogens with zero attached hydrogens (tertiary/aromatic N) is 2. The van der Waals surface area contributed by atoms with Crippen LogP contribution in [0.2, 0.25) is 0 Å². The van der Waals surface area contributed by atoms with Crippen molar-refractivity contribution in [2.45, 2.75) is 30.7 Å². The molecular weight excluding hydrogens is 245 g/mol. The molecule has 17 heavy (non-hydrogen) atoms. The van der Waals surface area contributed by atoms with Crippen molar-refractivity contribution in [2.75, 3.05) is 0 Å². The lowest BCUT2D eigenvalue weighted by Crippen LogP contribution is -2.44. The number of aromatic nitrogens is 1. The molecule has 1 rings (SSSR count). The Labute approximate surface area is 99.3 Å². The van der Waals surface area contributed by atoms with Gasteiger partial charge in [0, 0.05) is 6.20 Å². The van der Waals surface area contributed by atoms with Gasteiger partial charge in [0.2, 0.25) is 10.0 Å². The fraction of sp³-hybridized carbons (Fsp3) is 0.400. The molecule has 1 atom stereocenters. The summed E-state index contributed by atoms with van der Waals surface area (Å²) in [5.74, 6) is -0.747. The van der Waals surface area contributed by atoms with Gasteiger partial charge >= 0.3 is 0 Å². The number of pyridine rings is 1. The minimum Gasteiger partial charge on any atom is -0.260 e. The van der Waals surface area contributed by atoms with Gasteiger partial charge in [0.1, 0.15) is 16.3 Å². The Morgan fingerprint density at radius 3 is 2.71 bits per heavy atom. The average Bonchev–Trinajstić information content (AvgIpc) is 2.28. The molecule has 0 aromatic carbocycles. The highest BCUT2D eigenvalue weighted by atomic mass is 32.2. The van der Waals surface area contributed by atoms with E-state index in [9.17, 15) is 12.8 Å². The normalized spacial score (nSPS) is 14.9. The zero-order valence-corrected chi connectivity index (χ0v) is 10.3. The van der Waals surface area contributed by atoms with E-state index >= 15 is 0 Å². The summed E-state index contributed by atoms with van der Waals surface area (Å²) in [6.07, 6.45) is 2.23. The molecule has 0 bridgehead atoms. The number of rotatable bonds is 4. The molecule has 1 unspecified atom stereocenters. The first-order chi connectivity index (χ1) is 7.83. The van der Waals surface area contributed by atoms with Crippen molar-refractivity contribution in [1.29, 1.82) is 5.26 Å². The highest BCUT2D eigenvalue weighted by Gasteiger charge is 2.29. The zero-order chi connectivity index (χ0) is 13.1. The SMILES string of the molecule is CCC(C)(C#N)NS(=O)(=O)c1cncc(F)c1. The van der Waals surface area contributed by atoms with Gasteiger partial charge in [-0.15, -0.1) is 0 Å². The van der Waals surface area contributed by atoms with Crippen LogP contribution in [0, 0.1) is 17.1 Å². The summed E-state index contributed by atoms with van der Waals surface area (Å²) < 4.78 is 38.8. The molecule has 0 amide bonds. The molecule has 0 aliphatic carbocycles. The Kier molecular flexibility index (Phi) is 3.80. The quantitative estimate of drug-likeness (QED) is 0.878. The number of nitriles is 1. The predicted molar refractivity (Wildman–Crippen MR) is 58.8 cm³/mol. The molecule has 5 nitrogen and oxygen atoms in total. The van der Waals surface area contributed by atoms with E-state index in [1.54, 1.807) is 6.92 Å². The van der Waals surface area contributed by atoms with E-state index in [-0.39, 0.29) is 4.90 Å². The van der Waals surface area contributed by atoms with Crippen LogP contribution in [-0.4, -0.2) is 18.9 Å². The summed E-state index contributed by atoms with van der Waals surface area (Å²) in [5.41, 5.74) is -1.22.